The molecule has 1 heteroatoms. The van der Waals surface area contributed by atoms with Crippen molar-refractivity contribution < 1.29 is 4.39 Å². The maximum atomic E-state index is 14.4. The Balaban J connectivity index is 2.19. The highest BCUT2D eigenvalue weighted by molar-refractivity contribution is 5.67. The number of allylic oxidation sites excluding steroid dienone is 2. The van der Waals surface area contributed by atoms with Crippen LogP contribution in [0.3, 0.4) is 0 Å². The van der Waals surface area contributed by atoms with Gasteiger partial charge in [0.05, 0.1) is 0 Å². The molecule has 0 N–H and O–H groups in total. The molecule has 0 fully saturated rings. The van der Waals surface area contributed by atoms with Crippen LogP contribution in [0.25, 0.3) is 11.6 Å². The van der Waals surface area contributed by atoms with Gasteiger partial charge in [-0.1, -0.05) is 60.2 Å². The van der Waals surface area contributed by atoms with Gasteiger partial charge in [0.15, 0.2) is 0 Å². The van der Waals surface area contributed by atoms with E-state index in [2.05, 4.69) is 44.7 Å². The normalized spacial score (nSPS) is 12.3. The van der Waals surface area contributed by atoms with E-state index in [9.17, 15) is 4.39 Å². The molecule has 0 amide bonds. The van der Waals surface area contributed by atoms with Crippen molar-refractivity contribution in [3.8, 4) is 0 Å². The first-order valence-corrected chi connectivity index (χ1v) is 8.89. The predicted molar refractivity (Wildman–Crippen MR) is 108 cm³/mol. The Hall–Kier alpha value is -2.15. The van der Waals surface area contributed by atoms with Gasteiger partial charge in [0.1, 0.15) is 5.67 Å². The number of alkyl halides is 1. The van der Waals surface area contributed by atoms with Crippen LogP contribution in [0.4, 0.5) is 4.39 Å². The molecule has 132 valence electrons. The molecule has 2 rings (SSSR count). The Labute approximate surface area is 152 Å². The van der Waals surface area contributed by atoms with Crippen molar-refractivity contribution in [3.63, 3.8) is 0 Å². The summed E-state index contributed by atoms with van der Waals surface area (Å²) in [6, 6.07) is 14.3. The summed E-state index contributed by atoms with van der Waals surface area (Å²) >= 11 is 0. The molecule has 0 aromatic heterocycles. The Morgan fingerprint density at radius 2 is 1.80 bits per heavy atom. The maximum absolute atomic E-state index is 14.4. The summed E-state index contributed by atoms with van der Waals surface area (Å²) in [7, 11) is 0. The van der Waals surface area contributed by atoms with Crippen molar-refractivity contribution in [2.45, 2.75) is 53.1 Å². The summed E-state index contributed by atoms with van der Waals surface area (Å²) in [5.74, 6) is 0. The lowest BCUT2D eigenvalue weighted by Gasteiger charge is -2.19. The van der Waals surface area contributed by atoms with Crippen LogP contribution in [0.2, 0.25) is 0 Å². The van der Waals surface area contributed by atoms with Crippen molar-refractivity contribution in [2.75, 3.05) is 0 Å². The van der Waals surface area contributed by atoms with Gasteiger partial charge in [-0.25, -0.2) is 4.39 Å². The van der Waals surface area contributed by atoms with Crippen LogP contribution >= 0.6 is 0 Å². The molecule has 0 heterocycles. The van der Waals surface area contributed by atoms with Crippen LogP contribution in [0, 0.1) is 6.92 Å². The molecule has 2 aromatic rings. The standard InChI is InChI=1S/C24H29F/c1-17(2)21-14-12-19(4)22(16-21)15-18(3)11-13-20-9-7-8-10-23(20)24(5,6)25/h7-10,12,14-16H,1,11,13H2,2-6H3/b18-15-. The number of aryl methyl sites for hydroxylation is 2. The molecule has 2 aromatic carbocycles. The second-order valence-electron chi connectivity index (χ2n) is 7.47. The van der Waals surface area contributed by atoms with E-state index >= 15 is 0 Å². The quantitative estimate of drug-likeness (QED) is 0.520. The summed E-state index contributed by atoms with van der Waals surface area (Å²) in [5.41, 5.74) is 6.62. The third-order valence-corrected chi connectivity index (χ3v) is 4.62. The molecule has 0 aliphatic rings. The van der Waals surface area contributed by atoms with Crippen LogP contribution in [-0.2, 0) is 12.1 Å². The highest BCUT2D eigenvalue weighted by atomic mass is 19.1. The van der Waals surface area contributed by atoms with Gasteiger partial charge < -0.3 is 0 Å². The van der Waals surface area contributed by atoms with E-state index in [1.54, 1.807) is 13.8 Å². The van der Waals surface area contributed by atoms with Gasteiger partial charge in [-0.3, -0.25) is 0 Å². The molecule has 0 nitrogen and oxygen atoms in total. The van der Waals surface area contributed by atoms with Gasteiger partial charge in [0, 0.05) is 0 Å². The summed E-state index contributed by atoms with van der Waals surface area (Å²) in [4.78, 5) is 0. The molecular formula is C24H29F. The monoisotopic (exact) mass is 336 g/mol. The summed E-state index contributed by atoms with van der Waals surface area (Å²) in [6.07, 6.45) is 4.01. The average molecular weight is 336 g/mol. The largest absolute Gasteiger partial charge is 0.239 e. The fraction of sp³-hybridized carbons (Fsp3) is 0.333. The topological polar surface area (TPSA) is 0 Å². The molecule has 0 radical (unpaired) electrons. The summed E-state index contributed by atoms with van der Waals surface area (Å²) in [6.45, 7) is 13.6. The molecule has 0 spiro atoms. The molecule has 0 aliphatic heterocycles. The summed E-state index contributed by atoms with van der Waals surface area (Å²) in [5, 5.41) is 0. The first-order chi connectivity index (χ1) is 11.7. The molecular weight excluding hydrogens is 307 g/mol. The van der Waals surface area contributed by atoms with Crippen LogP contribution in [0.5, 0.6) is 0 Å². The van der Waals surface area contributed by atoms with Crippen molar-refractivity contribution in [2.24, 2.45) is 0 Å². The van der Waals surface area contributed by atoms with E-state index in [1.165, 1.54) is 22.3 Å². The van der Waals surface area contributed by atoms with Gasteiger partial charge in [-0.05, 0) is 81.3 Å². The Kier molecular flexibility index (Phi) is 6.00. The van der Waals surface area contributed by atoms with E-state index in [4.69, 9.17) is 0 Å². The van der Waals surface area contributed by atoms with E-state index in [-0.39, 0.29) is 0 Å². The highest BCUT2D eigenvalue weighted by Gasteiger charge is 2.21. The Morgan fingerprint density at radius 3 is 2.44 bits per heavy atom. The van der Waals surface area contributed by atoms with Gasteiger partial charge in [-0.15, -0.1) is 0 Å². The van der Waals surface area contributed by atoms with E-state index in [1.807, 2.05) is 31.2 Å². The SMILES string of the molecule is C=C(C)c1ccc(C)c(/C=C(/C)CCc2ccccc2C(C)(C)F)c1. The van der Waals surface area contributed by atoms with Crippen molar-refractivity contribution in [1.82, 2.24) is 0 Å². The lowest BCUT2D eigenvalue weighted by molar-refractivity contribution is 0.220. The average Bonchev–Trinajstić information content (AvgIpc) is 2.54. The predicted octanol–water partition coefficient (Wildman–Crippen LogP) is 7.27. The van der Waals surface area contributed by atoms with Crippen LogP contribution < -0.4 is 0 Å². The number of rotatable bonds is 6. The number of hydrogen-bond acceptors (Lipinski definition) is 0. The number of halogens is 1. The second kappa shape index (κ2) is 7.82. The number of hydrogen-bond donors (Lipinski definition) is 0. The zero-order valence-corrected chi connectivity index (χ0v) is 16.1. The molecule has 25 heavy (non-hydrogen) atoms. The minimum atomic E-state index is -1.30. The molecule has 0 aliphatic carbocycles. The van der Waals surface area contributed by atoms with Gasteiger partial charge in [-0.2, -0.15) is 0 Å². The number of benzene rings is 2. The van der Waals surface area contributed by atoms with Crippen molar-refractivity contribution in [1.29, 1.82) is 0 Å². The molecule has 0 bridgehead atoms. The minimum Gasteiger partial charge on any atom is -0.239 e. The highest BCUT2D eigenvalue weighted by Crippen LogP contribution is 2.29. The van der Waals surface area contributed by atoms with Gasteiger partial charge in [0.25, 0.3) is 0 Å². The first-order valence-electron chi connectivity index (χ1n) is 8.89. The minimum absolute atomic E-state index is 0.795. The zero-order valence-electron chi connectivity index (χ0n) is 16.1. The van der Waals surface area contributed by atoms with Crippen molar-refractivity contribution in [3.05, 3.63) is 82.4 Å². The van der Waals surface area contributed by atoms with Crippen LogP contribution in [0.15, 0.2) is 54.6 Å². The van der Waals surface area contributed by atoms with Crippen molar-refractivity contribution >= 4 is 11.6 Å². The zero-order chi connectivity index (χ0) is 18.6. The summed E-state index contributed by atoms with van der Waals surface area (Å²) < 4.78 is 14.4. The van der Waals surface area contributed by atoms with Crippen LogP contribution in [0.1, 0.15) is 61.9 Å². The second-order valence-corrected chi connectivity index (χ2v) is 7.47. The molecule has 0 saturated heterocycles. The van der Waals surface area contributed by atoms with E-state index in [0.717, 1.165) is 29.5 Å². The van der Waals surface area contributed by atoms with Gasteiger partial charge in [0.2, 0.25) is 0 Å². The molecule has 0 atom stereocenters. The van der Waals surface area contributed by atoms with Crippen LogP contribution in [-0.4, -0.2) is 0 Å². The third kappa shape index (κ3) is 5.16. The molecule has 0 saturated carbocycles. The smallest absolute Gasteiger partial charge is 0.130 e. The fourth-order valence-electron chi connectivity index (χ4n) is 3.05. The lowest BCUT2D eigenvalue weighted by Crippen LogP contribution is -2.12. The Bertz CT molecular complexity index is 788. The first kappa shape index (κ1) is 19.2. The van der Waals surface area contributed by atoms with Gasteiger partial charge >= 0.3 is 0 Å². The lowest BCUT2D eigenvalue weighted by atomic mass is 9.91. The van der Waals surface area contributed by atoms with E-state index in [0.29, 0.717) is 0 Å². The Morgan fingerprint density at radius 1 is 1.12 bits per heavy atom. The molecule has 0 unspecified atom stereocenters. The maximum Gasteiger partial charge on any atom is 0.130 e. The fourth-order valence-corrected chi connectivity index (χ4v) is 3.05. The third-order valence-electron chi connectivity index (χ3n) is 4.62. The van der Waals surface area contributed by atoms with E-state index < -0.39 is 5.67 Å².